The minimum absolute atomic E-state index is 0.186. The molecular weight excluding hydrogens is 334 g/mol. The smallest absolute Gasteiger partial charge is 0.243 e. The molecule has 0 aliphatic carbocycles. The Balaban J connectivity index is 3.25. The molecule has 0 bridgehead atoms. The summed E-state index contributed by atoms with van der Waals surface area (Å²) in [7, 11) is -3.70. The maximum absolute atomic E-state index is 13.0. The van der Waals surface area contributed by atoms with Gasteiger partial charge in [0, 0.05) is 17.6 Å². The second-order valence-corrected chi connectivity index (χ2v) is 8.60. The van der Waals surface area contributed by atoms with Crippen LogP contribution in [0, 0.1) is 5.92 Å². The van der Waals surface area contributed by atoms with Crippen LogP contribution in [0.2, 0.25) is 5.02 Å². The lowest BCUT2D eigenvalue weighted by Gasteiger charge is -2.30. The Morgan fingerprint density at radius 2 is 1.83 bits per heavy atom. The number of benzene rings is 1. The van der Waals surface area contributed by atoms with Crippen LogP contribution in [0.4, 0.5) is 0 Å². The van der Waals surface area contributed by atoms with Gasteiger partial charge in [0.05, 0.1) is 11.5 Å². The number of rotatable bonds is 8. The van der Waals surface area contributed by atoms with Gasteiger partial charge >= 0.3 is 0 Å². The third kappa shape index (κ3) is 5.92. The fraction of sp³-hybridized carbons (Fsp3) is 0.529. The van der Waals surface area contributed by atoms with Crippen molar-refractivity contribution < 1.29 is 13.5 Å². The third-order valence-corrected chi connectivity index (χ3v) is 5.65. The molecule has 0 amide bonds. The predicted octanol–water partition coefficient (Wildman–Crippen LogP) is 3.70. The fourth-order valence-electron chi connectivity index (χ4n) is 2.29. The molecule has 0 aliphatic heterocycles. The second kappa shape index (κ2) is 8.83. The highest BCUT2D eigenvalue weighted by atomic mass is 35.5. The summed E-state index contributed by atoms with van der Waals surface area (Å²) in [5, 5.41) is 10.2. The van der Waals surface area contributed by atoms with E-state index in [2.05, 4.69) is 0 Å². The van der Waals surface area contributed by atoms with E-state index < -0.39 is 16.1 Å². The maximum Gasteiger partial charge on any atom is 0.243 e. The molecule has 1 rings (SSSR count). The molecule has 1 unspecified atom stereocenters. The number of aliphatic hydroxyl groups is 1. The van der Waals surface area contributed by atoms with Crippen molar-refractivity contribution in [1.29, 1.82) is 0 Å². The summed E-state index contributed by atoms with van der Waals surface area (Å²) < 4.78 is 27.3. The van der Waals surface area contributed by atoms with Gasteiger partial charge in [0.15, 0.2) is 0 Å². The van der Waals surface area contributed by atoms with Crippen LogP contribution in [0.25, 0.3) is 0 Å². The topological polar surface area (TPSA) is 57.6 Å². The molecule has 4 nitrogen and oxygen atoms in total. The highest BCUT2D eigenvalue weighted by Gasteiger charge is 2.30. The van der Waals surface area contributed by atoms with E-state index in [0.29, 0.717) is 11.4 Å². The van der Waals surface area contributed by atoms with Crippen molar-refractivity contribution >= 4 is 21.6 Å². The summed E-state index contributed by atoms with van der Waals surface area (Å²) in [5.41, 5.74) is 1.03. The van der Waals surface area contributed by atoms with Gasteiger partial charge in [0.2, 0.25) is 10.0 Å². The van der Waals surface area contributed by atoms with E-state index in [1.165, 1.54) is 16.4 Å². The maximum atomic E-state index is 13.0. The zero-order valence-electron chi connectivity index (χ0n) is 14.2. The average Bonchev–Trinajstić information content (AvgIpc) is 2.45. The van der Waals surface area contributed by atoms with Gasteiger partial charge in [-0.1, -0.05) is 37.1 Å². The lowest BCUT2D eigenvalue weighted by Crippen LogP contribution is -2.43. The van der Waals surface area contributed by atoms with Crippen molar-refractivity contribution in [2.24, 2.45) is 5.92 Å². The number of nitrogens with zero attached hydrogens (tertiary/aromatic N) is 1. The molecule has 23 heavy (non-hydrogen) atoms. The molecule has 1 aromatic rings. The number of halogens is 1. The van der Waals surface area contributed by atoms with Crippen LogP contribution in [0.3, 0.4) is 0 Å². The van der Waals surface area contributed by atoms with Crippen LogP contribution in [-0.4, -0.2) is 37.0 Å². The van der Waals surface area contributed by atoms with Crippen LogP contribution in [0.1, 0.15) is 34.1 Å². The first-order valence-corrected chi connectivity index (χ1v) is 9.52. The van der Waals surface area contributed by atoms with Gasteiger partial charge in [-0.15, -0.1) is 0 Å². The lowest BCUT2D eigenvalue weighted by atomic mass is 10.0. The van der Waals surface area contributed by atoms with E-state index >= 15 is 0 Å². The Labute approximate surface area is 144 Å². The number of hydrogen-bond donors (Lipinski definition) is 1. The quantitative estimate of drug-likeness (QED) is 0.720. The minimum Gasteiger partial charge on any atom is -0.395 e. The largest absolute Gasteiger partial charge is 0.395 e. The molecule has 0 aliphatic rings. The summed E-state index contributed by atoms with van der Waals surface area (Å²) in [4.78, 5) is 0.186. The van der Waals surface area contributed by atoms with Crippen LogP contribution in [-0.2, 0) is 10.0 Å². The highest BCUT2D eigenvalue weighted by molar-refractivity contribution is 7.89. The molecule has 0 spiro atoms. The van der Waals surface area contributed by atoms with Crippen LogP contribution in [0.5, 0.6) is 0 Å². The van der Waals surface area contributed by atoms with Crippen LogP contribution in [0.15, 0.2) is 40.8 Å². The summed E-state index contributed by atoms with van der Waals surface area (Å²) >= 11 is 5.84. The first kappa shape index (κ1) is 20.2. The predicted molar refractivity (Wildman–Crippen MR) is 95.1 cm³/mol. The first-order valence-electron chi connectivity index (χ1n) is 7.70. The van der Waals surface area contributed by atoms with E-state index in [9.17, 15) is 13.5 Å². The first-order chi connectivity index (χ1) is 10.7. The Hall–Kier alpha value is -0.880. The van der Waals surface area contributed by atoms with E-state index in [-0.39, 0.29) is 24.0 Å². The van der Waals surface area contributed by atoms with E-state index in [0.717, 1.165) is 5.57 Å². The molecule has 0 aromatic heterocycles. The average molecular weight is 360 g/mol. The van der Waals surface area contributed by atoms with Gasteiger partial charge in [0.1, 0.15) is 0 Å². The molecule has 1 N–H and O–H groups in total. The molecule has 0 radical (unpaired) electrons. The van der Waals surface area contributed by atoms with Crippen molar-refractivity contribution in [3.63, 3.8) is 0 Å². The summed E-state index contributed by atoms with van der Waals surface area (Å²) in [6.45, 7) is 7.90. The molecule has 0 saturated heterocycles. The normalized spacial score (nSPS) is 13.4. The number of allylic oxidation sites excluding steroid dienone is 1. The summed E-state index contributed by atoms with van der Waals surface area (Å²) in [6.07, 6.45) is 2.45. The van der Waals surface area contributed by atoms with Crippen molar-refractivity contribution in [3.8, 4) is 0 Å². The Kier molecular flexibility index (Phi) is 7.74. The standard InChI is InChI=1S/C17H26ClNO3S/c1-13(2)9-10-19(16(12-20)11-14(3)4)23(21,22)17-7-5-15(18)6-8-17/h5-9,14,16,20H,10-12H2,1-4H3. The van der Waals surface area contributed by atoms with Crippen LogP contribution < -0.4 is 0 Å². The van der Waals surface area contributed by atoms with E-state index in [1.807, 2.05) is 33.8 Å². The van der Waals surface area contributed by atoms with Gasteiger partial charge in [0.25, 0.3) is 0 Å². The van der Waals surface area contributed by atoms with E-state index in [1.54, 1.807) is 12.1 Å². The molecule has 1 atom stereocenters. The summed E-state index contributed by atoms with van der Waals surface area (Å²) in [5.74, 6) is 0.279. The molecule has 0 saturated carbocycles. The molecule has 0 heterocycles. The Bertz CT molecular complexity index is 620. The van der Waals surface area contributed by atoms with Gasteiger partial charge < -0.3 is 5.11 Å². The molecule has 1 aromatic carbocycles. The van der Waals surface area contributed by atoms with Gasteiger partial charge in [-0.3, -0.25) is 0 Å². The zero-order chi connectivity index (χ0) is 17.6. The molecule has 0 fully saturated rings. The Morgan fingerprint density at radius 1 is 1.26 bits per heavy atom. The van der Waals surface area contributed by atoms with Crippen molar-refractivity contribution in [1.82, 2.24) is 4.31 Å². The number of aliphatic hydroxyl groups excluding tert-OH is 1. The third-order valence-electron chi connectivity index (χ3n) is 3.46. The lowest BCUT2D eigenvalue weighted by molar-refractivity contribution is 0.175. The molecular formula is C17H26ClNO3S. The number of hydrogen-bond acceptors (Lipinski definition) is 3. The van der Waals surface area contributed by atoms with Crippen molar-refractivity contribution in [2.75, 3.05) is 13.2 Å². The summed E-state index contributed by atoms with van der Waals surface area (Å²) in [6, 6.07) is 5.66. The van der Waals surface area contributed by atoms with Crippen molar-refractivity contribution in [2.45, 2.75) is 45.1 Å². The van der Waals surface area contributed by atoms with E-state index in [4.69, 9.17) is 11.6 Å². The highest BCUT2D eigenvalue weighted by Crippen LogP contribution is 2.23. The fourth-order valence-corrected chi connectivity index (χ4v) is 3.98. The molecule has 130 valence electrons. The Morgan fingerprint density at radius 3 is 2.26 bits per heavy atom. The minimum atomic E-state index is -3.70. The zero-order valence-corrected chi connectivity index (χ0v) is 15.7. The van der Waals surface area contributed by atoms with Crippen LogP contribution >= 0.6 is 11.6 Å². The SMILES string of the molecule is CC(C)=CCN(C(CO)CC(C)C)S(=O)(=O)c1ccc(Cl)cc1. The molecule has 6 heteroatoms. The van der Waals surface area contributed by atoms with Gasteiger partial charge in [-0.25, -0.2) is 8.42 Å². The van der Waals surface area contributed by atoms with Gasteiger partial charge in [-0.2, -0.15) is 4.31 Å². The number of sulfonamides is 1. The van der Waals surface area contributed by atoms with Gasteiger partial charge in [-0.05, 0) is 50.5 Å². The van der Waals surface area contributed by atoms with Crippen molar-refractivity contribution in [3.05, 3.63) is 40.9 Å². The monoisotopic (exact) mass is 359 g/mol. The second-order valence-electron chi connectivity index (χ2n) is 6.28.